The molecule has 1 aromatic rings. The zero-order valence-corrected chi connectivity index (χ0v) is 10.7. The molecule has 2 rings (SSSR count). The molecule has 0 bridgehead atoms. The molecule has 0 aliphatic heterocycles. The van der Waals surface area contributed by atoms with Crippen molar-refractivity contribution in [2.24, 2.45) is 5.92 Å². The summed E-state index contributed by atoms with van der Waals surface area (Å²) in [6.45, 7) is 0. The average Bonchev–Trinajstić information content (AvgIpc) is 3.27. The van der Waals surface area contributed by atoms with Crippen LogP contribution >= 0.6 is 0 Å². The molecule has 1 aliphatic carbocycles. The number of carbonyl (C=O) groups is 2. The van der Waals surface area contributed by atoms with Crippen molar-refractivity contribution in [2.45, 2.75) is 18.9 Å². The molecular weight excluding hydrogens is 256 g/mol. The minimum absolute atomic E-state index is 0.0479. The van der Waals surface area contributed by atoms with Gasteiger partial charge in [-0.05, 0) is 42.5 Å². The third-order valence-electron chi connectivity index (χ3n) is 3.10. The number of nitrogens with one attached hydrogen (secondary N) is 1. The third-order valence-corrected chi connectivity index (χ3v) is 3.10. The maximum Gasteiger partial charge on any atom is 0.326 e. The van der Waals surface area contributed by atoms with Crippen LogP contribution in [0.2, 0.25) is 0 Å². The Hall–Kier alpha value is -2.61. The topological polar surface area (TPSA) is 90.2 Å². The van der Waals surface area contributed by atoms with Crippen molar-refractivity contribution in [3.8, 4) is 6.07 Å². The highest BCUT2D eigenvalue weighted by Gasteiger charge is 2.36. The van der Waals surface area contributed by atoms with E-state index in [-0.39, 0.29) is 5.92 Å². The molecule has 1 aromatic carbocycles. The second-order valence-corrected chi connectivity index (χ2v) is 4.73. The number of hydrogen-bond acceptors (Lipinski definition) is 3. The van der Waals surface area contributed by atoms with E-state index in [9.17, 15) is 9.59 Å². The molecular formula is C15H14N2O3. The van der Waals surface area contributed by atoms with Gasteiger partial charge in [0, 0.05) is 6.08 Å². The average molecular weight is 270 g/mol. The summed E-state index contributed by atoms with van der Waals surface area (Å²) < 4.78 is 0. The first kappa shape index (κ1) is 13.8. The number of carboxylic acids is 1. The van der Waals surface area contributed by atoms with Crippen molar-refractivity contribution < 1.29 is 14.7 Å². The van der Waals surface area contributed by atoms with Crippen LogP contribution in [0.5, 0.6) is 0 Å². The summed E-state index contributed by atoms with van der Waals surface area (Å²) in [6, 6.07) is 8.02. The van der Waals surface area contributed by atoms with Crippen molar-refractivity contribution in [3.05, 3.63) is 41.5 Å². The lowest BCUT2D eigenvalue weighted by Gasteiger charge is -2.11. The van der Waals surface area contributed by atoms with Crippen molar-refractivity contribution in [3.63, 3.8) is 0 Å². The first-order valence-corrected chi connectivity index (χ1v) is 6.31. The predicted octanol–water partition coefficient (Wildman–Crippen LogP) is 1.55. The summed E-state index contributed by atoms with van der Waals surface area (Å²) in [7, 11) is 0. The van der Waals surface area contributed by atoms with E-state index in [0.717, 1.165) is 18.4 Å². The molecule has 102 valence electrons. The maximum atomic E-state index is 11.7. The number of carboxylic acid groups (broad SMARTS) is 1. The molecule has 0 saturated heterocycles. The molecule has 0 radical (unpaired) electrons. The number of nitrogens with zero attached hydrogens (tertiary/aromatic N) is 1. The summed E-state index contributed by atoms with van der Waals surface area (Å²) in [5.41, 5.74) is 1.23. The molecule has 2 N–H and O–H groups in total. The van der Waals surface area contributed by atoms with Gasteiger partial charge in [-0.2, -0.15) is 5.26 Å². The van der Waals surface area contributed by atoms with Gasteiger partial charge in [0.2, 0.25) is 5.91 Å². The van der Waals surface area contributed by atoms with Crippen molar-refractivity contribution in [1.29, 1.82) is 5.26 Å². The van der Waals surface area contributed by atoms with E-state index in [0.29, 0.717) is 5.56 Å². The molecule has 0 heterocycles. The Morgan fingerprint density at radius 3 is 2.80 bits per heavy atom. The standard InChI is InChI=1S/C15H14N2O3/c16-9-11-3-1-2-10(8-11)4-7-13(18)17-14(15(19)20)12-5-6-12/h1-4,7-8,12,14H,5-6H2,(H,17,18)(H,19,20). The van der Waals surface area contributed by atoms with E-state index in [4.69, 9.17) is 10.4 Å². The minimum Gasteiger partial charge on any atom is -0.480 e. The van der Waals surface area contributed by atoms with Gasteiger partial charge in [0.05, 0.1) is 11.6 Å². The van der Waals surface area contributed by atoms with Gasteiger partial charge in [-0.1, -0.05) is 12.1 Å². The molecule has 1 aliphatic rings. The SMILES string of the molecule is N#Cc1cccc(C=CC(=O)NC(C(=O)O)C2CC2)c1. The number of carbonyl (C=O) groups excluding carboxylic acids is 1. The molecule has 1 unspecified atom stereocenters. The van der Waals surface area contributed by atoms with Gasteiger partial charge in [-0.25, -0.2) is 4.79 Å². The van der Waals surface area contributed by atoms with Gasteiger partial charge < -0.3 is 10.4 Å². The van der Waals surface area contributed by atoms with Crippen LogP contribution in [-0.4, -0.2) is 23.0 Å². The smallest absolute Gasteiger partial charge is 0.326 e. The summed E-state index contributed by atoms with van der Waals surface area (Å²) in [6.07, 6.45) is 4.52. The van der Waals surface area contributed by atoms with Crippen LogP contribution < -0.4 is 5.32 Å². The zero-order valence-electron chi connectivity index (χ0n) is 10.7. The highest BCUT2D eigenvalue weighted by Crippen LogP contribution is 2.32. The molecule has 20 heavy (non-hydrogen) atoms. The van der Waals surface area contributed by atoms with Gasteiger partial charge in [0.25, 0.3) is 0 Å². The third kappa shape index (κ3) is 3.69. The normalized spacial score (nSPS) is 15.6. The summed E-state index contributed by atoms with van der Waals surface area (Å²) in [5.74, 6) is -1.39. The number of aliphatic carboxylic acids is 1. The molecule has 1 amide bonds. The summed E-state index contributed by atoms with van der Waals surface area (Å²) in [5, 5.41) is 20.3. The number of rotatable bonds is 5. The van der Waals surface area contributed by atoms with Gasteiger partial charge >= 0.3 is 5.97 Å². The fourth-order valence-corrected chi connectivity index (χ4v) is 1.90. The number of nitriles is 1. The van der Waals surface area contributed by atoms with Gasteiger partial charge in [0.1, 0.15) is 6.04 Å². The molecule has 5 heteroatoms. The molecule has 0 aromatic heterocycles. The quantitative estimate of drug-likeness (QED) is 0.794. The van der Waals surface area contributed by atoms with Crippen LogP contribution in [-0.2, 0) is 9.59 Å². The first-order valence-electron chi connectivity index (χ1n) is 6.31. The van der Waals surface area contributed by atoms with E-state index < -0.39 is 17.9 Å². The van der Waals surface area contributed by atoms with Crippen molar-refractivity contribution in [1.82, 2.24) is 5.32 Å². The molecule has 0 spiro atoms. The second-order valence-electron chi connectivity index (χ2n) is 4.73. The number of amides is 1. The fourth-order valence-electron chi connectivity index (χ4n) is 1.90. The monoisotopic (exact) mass is 270 g/mol. The van der Waals surface area contributed by atoms with Crippen LogP contribution in [0.1, 0.15) is 24.0 Å². The van der Waals surface area contributed by atoms with Gasteiger partial charge in [0.15, 0.2) is 0 Å². The Morgan fingerprint density at radius 2 is 2.20 bits per heavy atom. The van der Waals surface area contributed by atoms with E-state index in [1.807, 2.05) is 6.07 Å². The van der Waals surface area contributed by atoms with Crippen LogP contribution in [0.15, 0.2) is 30.3 Å². The predicted molar refractivity (Wildman–Crippen MR) is 72.5 cm³/mol. The first-order chi connectivity index (χ1) is 9.60. The van der Waals surface area contributed by atoms with Crippen LogP contribution in [0, 0.1) is 17.2 Å². The number of benzene rings is 1. The second kappa shape index (κ2) is 6.02. The highest BCUT2D eigenvalue weighted by atomic mass is 16.4. The van der Waals surface area contributed by atoms with E-state index in [1.165, 1.54) is 6.08 Å². The maximum absolute atomic E-state index is 11.7. The Balaban J connectivity index is 1.98. The van der Waals surface area contributed by atoms with Crippen molar-refractivity contribution >= 4 is 18.0 Å². The molecule has 1 fully saturated rings. The van der Waals surface area contributed by atoms with E-state index in [2.05, 4.69) is 5.32 Å². The van der Waals surface area contributed by atoms with Crippen LogP contribution in [0.25, 0.3) is 6.08 Å². The summed E-state index contributed by atoms with van der Waals surface area (Å²) >= 11 is 0. The van der Waals surface area contributed by atoms with Gasteiger partial charge in [-0.15, -0.1) is 0 Å². The Kier molecular flexibility index (Phi) is 4.16. The van der Waals surface area contributed by atoms with E-state index in [1.54, 1.807) is 30.3 Å². The Bertz CT molecular complexity index is 597. The highest BCUT2D eigenvalue weighted by molar-refractivity contribution is 5.94. The Morgan fingerprint density at radius 1 is 1.45 bits per heavy atom. The van der Waals surface area contributed by atoms with Crippen molar-refractivity contribution in [2.75, 3.05) is 0 Å². The lowest BCUT2D eigenvalue weighted by atomic mass is 10.1. The fraction of sp³-hybridized carbons (Fsp3) is 0.267. The molecule has 1 atom stereocenters. The van der Waals surface area contributed by atoms with Crippen LogP contribution in [0.4, 0.5) is 0 Å². The minimum atomic E-state index is -0.999. The van der Waals surface area contributed by atoms with Crippen LogP contribution in [0.3, 0.4) is 0 Å². The van der Waals surface area contributed by atoms with E-state index >= 15 is 0 Å². The summed E-state index contributed by atoms with van der Waals surface area (Å²) in [4.78, 5) is 22.7. The molecule has 1 saturated carbocycles. The molecule has 5 nitrogen and oxygen atoms in total. The lowest BCUT2D eigenvalue weighted by Crippen LogP contribution is -2.41. The lowest BCUT2D eigenvalue weighted by molar-refractivity contribution is -0.141. The van der Waals surface area contributed by atoms with Gasteiger partial charge in [-0.3, -0.25) is 4.79 Å². The largest absolute Gasteiger partial charge is 0.480 e. The Labute approximate surface area is 116 Å². The zero-order chi connectivity index (χ0) is 14.5. The number of hydrogen-bond donors (Lipinski definition) is 2.